The highest BCUT2D eigenvalue weighted by Gasteiger charge is 2.22. The van der Waals surface area contributed by atoms with Crippen molar-refractivity contribution in [3.8, 4) is 0 Å². The molecule has 0 spiro atoms. The Kier molecular flexibility index (Phi) is 5.06. The van der Waals surface area contributed by atoms with Crippen molar-refractivity contribution in [1.82, 2.24) is 15.0 Å². The molecule has 128 valence electrons. The smallest absolute Gasteiger partial charge is 0.321 e. The van der Waals surface area contributed by atoms with Gasteiger partial charge in [0.15, 0.2) is 5.76 Å². The van der Waals surface area contributed by atoms with Crippen LogP contribution in [0.3, 0.4) is 0 Å². The molecule has 7 heteroatoms. The van der Waals surface area contributed by atoms with Gasteiger partial charge in [-0.3, -0.25) is 4.90 Å². The number of amides is 2. The summed E-state index contributed by atoms with van der Waals surface area (Å²) in [5.74, 6) is 0.858. The molecule has 0 unspecified atom stereocenters. The standard InChI is InChI=1S/C17H21ClN4O2/c1-12-4-3-5-15(18)16(12)19-17(23)22-8-6-21(7-9-22)11-14-10-13(2)20-24-14/h3-5,10H,6-9,11H2,1-2H3,(H,19,23). The molecule has 2 heterocycles. The molecule has 1 aromatic heterocycles. The number of urea groups is 1. The van der Waals surface area contributed by atoms with E-state index in [1.807, 2.05) is 36.9 Å². The molecule has 1 fully saturated rings. The number of halogens is 1. The van der Waals surface area contributed by atoms with E-state index in [0.29, 0.717) is 23.8 Å². The van der Waals surface area contributed by atoms with E-state index in [9.17, 15) is 4.79 Å². The van der Waals surface area contributed by atoms with Crippen LogP contribution in [0.15, 0.2) is 28.8 Å². The van der Waals surface area contributed by atoms with Gasteiger partial charge in [0, 0.05) is 32.2 Å². The Morgan fingerprint density at radius 3 is 2.67 bits per heavy atom. The van der Waals surface area contributed by atoms with E-state index in [1.54, 1.807) is 6.07 Å². The molecule has 0 aliphatic carbocycles. The zero-order valence-corrected chi connectivity index (χ0v) is 14.6. The predicted octanol–water partition coefficient (Wildman–Crippen LogP) is 3.29. The Hall–Kier alpha value is -2.05. The average Bonchev–Trinajstić information content (AvgIpc) is 2.96. The van der Waals surface area contributed by atoms with Crippen molar-refractivity contribution in [3.05, 3.63) is 46.3 Å². The van der Waals surface area contributed by atoms with E-state index in [2.05, 4.69) is 15.4 Å². The van der Waals surface area contributed by atoms with Crippen molar-refractivity contribution < 1.29 is 9.32 Å². The van der Waals surface area contributed by atoms with Crippen molar-refractivity contribution in [3.63, 3.8) is 0 Å². The quantitative estimate of drug-likeness (QED) is 0.924. The van der Waals surface area contributed by atoms with Crippen LogP contribution in [-0.4, -0.2) is 47.2 Å². The first-order chi connectivity index (χ1) is 11.5. The van der Waals surface area contributed by atoms with Crippen molar-refractivity contribution in [2.75, 3.05) is 31.5 Å². The first kappa shape index (κ1) is 16.8. The van der Waals surface area contributed by atoms with Gasteiger partial charge in [0.1, 0.15) is 0 Å². The maximum atomic E-state index is 12.4. The van der Waals surface area contributed by atoms with Gasteiger partial charge in [0.05, 0.1) is 22.9 Å². The molecule has 3 rings (SSSR count). The zero-order chi connectivity index (χ0) is 17.1. The van der Waals surface area contributed by atoms with Gasteiger partial charge in [0.25, 0.3) is 0 Å². The van der Waals surface area contributed by atoms with E-state index in [-0.39, 0.29) is 6.03 Å². The molecular formula is C17H21ClN4O2. The number of nitrogens with zero attached hydrogens (tertiary/aromatic N) is 3. The fraction of sp³-hybridized carbons (Fsp3) is 0.412. The van der Waals surface area contributed by atoms with E-state index >= 15 is 0 Å². The molecule has 0 saturated carbocycles. The summed E-state index contributed by atoms with van der Waals surface area (Å²) in [5.41, 5.74) is 2.53. The van der Waals surface area contributed by atoms with Gasteiger partial charge in [-0.1, -0.05) is 28.9 Å². The highest BCUT2D eigenvalue weighted by atomic mass is 35.5. The van der Waals surface area contributed by atoms with Gasteiger partial charge in [0.2, 0.25) is 0 Å². The Morgan fingerprint density at radius 2 is 2.04 bits per heavy atom. The summed E-state index contributed by atoms with van der Waals surface area (Å²) < 4.78 is 5.25. The molecule has 1 aromatic carbocycles. The minimum Gasteiger partial charge on any atom is -0.360 e. The second-order valence-corrected chi connectivity index (χ2v) is 6.47. The van der Waals surface area contributed by atoms with Crippen molar-refractivity contribution in [2.45, 2.75) is 20.4 Å². The summed E-state index contributed by atoms with van der Waals surface area (Å²) in [4.78, 5) is 16.5. The van der Waals surface area contributed by atoms with Crippen LogP contribution in [0.5, 0.6) is 0 Å². The predicted molar refractivity (Wildman–Crippen MR) is 93.3 cm³/mol. The van der Waals surface area contributed by atoms with Gasteiger partial charge < -0.3 is 14.7 Å². The number of carbonyl (C=O) groups excluding carboxylic acids is 1. The molecule has 0 atom stereocenters. The summed E-state index contributed by atoms with van der Waals surface area (Å²) in [5, 5.41) is 7.38. The number of aryl methyl sites for hydroxylation is 2. The van der Waals surface area contributed by atoms with Crippen LogP contribution >= 0.6 is 11.6 Å². The number of hydrogen-bond acceptors (Lipinski definition) is 4. The molecule has 1 saturated heterocycles. The molecule has 1 N–H and O–H groups in total. The highest BCUT2D eigenvalue weighted by molar-refractivity contribution is 6.33. The molecule has 6 nitrogen and oxygen atoms in total. The number of benzene rings is 1. The molecule has 0 radical (unpaired) electrons. The lowest BCUT2D eigenvalue weighted by atomic mass is 10.2. The topological polar surface area (TPSA) is 61.6 Å². The molecular weight excluding hydrogens is 328 g/mol. The number of anilines is 1. The third-order valence-electron chi connectivity index (χ3n) is 4.17. The van der Waals surface area contributed by atoms with Crippen LogP contribution in [0.25, 0.3) is 0 Å². The van der Waals surface area contributed by atoms with Gasteiger partial charge in [-0.25, -0.2) is 4.79 Å². The number of nitrogens with one attached hydrogen (secondary N) is 1. The lowest BCUT2D eigenvalue weighted by Crippen LogP contribution is -2.49. The summed E-state index contributed by atoms with van der Waals surface area (Å²) in [6.07, 6.45) is 0. The number of rotatable bonds is 3. The number of carbonyl (C=O) groups is 1. The molecule has 1 aliphatic heterocycles. The first-order valence-electron chi connectivity index (χ1n) is 7.98. The first-order valence-corrected chi connectivity index (χ1v) is 8.36. The third-order valence-corrected chi connectivity index (χ3v) is 4.48. The largest absolute Gasteiger partial charge is 0.360 e. The van der Waals surface area contributed by atoms with Crippen molar-refractivity contribution in [1.29, 1.82) is 0 Å². The number of piperazine rings is 1. The maximum Gasteiger partial charge on any atom is 0.321 e. The van der Waals surface area contributed by atoms with Crippen LogP contribution in [0, 0.1) is 13.8 Å². The van der Waals surface area contributed by atoms with Crippen LogP contribution in [-0.2, 0) is 6.54 Å². The second kappa shape index (κ2) is 7.23. The monoisotopic (exact) mass is 348 g/mol. The Labute approximate surface area is 146 Å². The lowest BCUT2D eigenvalue weighted by Gasteiger charge is -2.34. The van der Waals surface area contributed by atoms with Crippen molar-refractivity contribution >= 4 is 23.3 Å². The summed E-state index contributed by atoms with van der Waals surface area (Å²) >= 11 is 6.17. The van der Waals surface area contributed by atoms with Crippen LogP contribution in [0.2, 0.25) is 5.02 Å². The van der Waals surface area contributed by atoms with Gasteiger partial charge in [-0.15, -0.1) is 0 Å². The van der Waals surface area contributed by atoms with Crippen LogP contribution in [0.4, 0.5) is 10.5 Å². The molecule has 0 bridgehead atoms. The number of aromatic nitrogens is 1. The molecule has 24 heavy (non-hydrogen) atoms. The van der Waals surface area contributed by atoms with Gasteiger partial charge in [-0.05, 0) is 25.5 Å². The zero-order valence-electron chi connectivity index (χ0n) is 13.9. The summed E-state index contributed by atoms with van der Waals surface area (Å²) in [6.45, 7) is 7.50. The van der Waals surface area contributed by atoms with Gasteiger partial charge >= 0.3 is 6.03 Å². The normalized spacial score (nSPS) is 15.5. The molecule has 2 amide bonds. The average molecular weight is 349 g/mol. The fourth-order valence-electron chi connectivity index (χ4n) is 2.80. The number of hydrogen-bond donors (Lipinski definition) is 1. The summed E-state index contributed by atoms with van der Waals surface area (Å²) in [7, 11) is 0. The molecule has 1 aliphatic rings. The lowest BCUT2D eigenvalue weighted by molar-refractivity contribution is 0.134. The minimum absolute atomic E-state index is 0.110. The van der Waals surface area contributed by atoms with Gasteiger partial charge in [-0.2, -0.15) is 0 Å². The van der Waals surface area contributed by atoms with E-state index < -0.39 is 0 Å². The maximum absolute atomic E-state index is 12.4. The van der Waals surface area contributed by atoms with E-state index in [4.69, 9.17) is 16.1 Å². The third kappa shape index (κ3) is 3.88. The second-order valence-electron chi connectivity index (χ2n) is 6.06. The van der Waals surface area contributed by atoms with E-state index in [1.165, 1.54) is 0 Å². The van der Waals surface area contributed by atoms with Crippen LogP contribution < -0.4 is 5.32 Å². The Morgan fingerprint density at radius 1 is 1.29 bits per heavy atom. The Bertz CT molecular complexity index is 703. The Balaban J connectivity index is 1.53. The summed E-state index contributed by atoms with van der Waals surface area (Å²) in [6, 6.07) is 7.41. The SMILES string of the molecule is Cc1cc(CN2CCN(C(=O)Nc3c(C)cccc3Cl)CC2)on1. The van der Waals surface area contributed by atoms with E-state index in [0.717, 1.165) is 36.7 Å². The minimum atomic E-state index is -0.110. The highest BCUT2D eigenvalue weighted by Crippen LogP contribution is 2.25. The van der Waals surface area contributed by atoms with Crippen molar-refractivity contribution in [2.24, 2.45) is 0 Å². The molecule has 2 aromatic rings. The fourth-order valence-corrected chi connectivity index (χ4v) is 3.07. The van der Waals surface area contributed by atoms with Crippen LogP contribution in [0.1, 0.15) is 17.0 Å². The number of para-hydroxylation sites is 1.